The number of nitrogen functional groups attached to an aromatic ring is 1. The minimum absolute atomic E-state index is 0.0761. The first-order valence-corrected chi connectivity index (χ1v) is 8.16. The van der Waals surface area contributed by atoms with Crippen molar-refractivity contribution in [1.82, 2.24) is 19.5 Å². The number of hydrazine groups is 1. The minimum atomic E-state index is -0.0761. The molecule has 0 amide bonds. The van der Waals surface area contributed by atoms with Crippen molar-refractivity contribution >= 4 is 28.6 Å². The molecule has 3 heterocycles. The Balaban J connectivity index is 1.51. The van der Waals surface area contributed by atoms with Crippen LogP contribution in [0.25, 0.3) is 11.2 Å². The Hall–Kier alpha value is -2.22. The number of benzene rings is 1. The molecule has 0 spiro atoms. The van der Waals surface area contributed by atoms with Crippen LogP contribution in [0.3, 0.4) is 0 Å². The predicted molar refractivity (Wildman–Crippen MR) is 91.4 cm³/mol. The lowest BCUT2D eigenvalue weighted by Crippen LogP contribution is -2.14. The molecule has 1 aliphatic rings. The van der Waals surface area contributed by atoms with E-state index in [1.54, 1.807) is 6.33 Å². The van der Waals surface area contributed by atoms with Crippen molar-refractivity contribution in [3.63, 3.8) is 0 Å². The summed E-state index contributed by atoms with van der Waals surface area (Å²) in [6, 6.07) is 7.89. The van der Waals surface area contributed by atoms with Gasteiger partial charge in [0, 0.05) is 5.02 Å². The highest BCUT2D eigenvalue weighted by Gasteiger charge is 2.28. The maximum absolute atomic E-state index is 6.20. The number of nitrogens with zero attached hydrogens (tertiary/aromatic N) is 4. The molecule has 1 saturated heterocycles. The molecule has 3 N–H and O–H groups in total. The number of fused-ring (bicyclic) bond motifs is 1. The minimum Gasteiger partial charge on any atom is -0.354 e. The summed E-state index contributed by atoms with van der Waals surface area (Å²) in [5.41, 5.74) is 5.12. The summed E-state index contributed by atoms with van der Waals surface area (Å²) in [5, 5.41) is 0.748. The zero-order valence-corrected chi connectivity index (χ0v) is 13.6. The van der Waals surface area contributed by atoms with Crippen LogP contribution in [0.1, 0.15) is 24.6 Å². The van der Waals surface area contributed by atoms with E-state index in [9.17, 15) is 0 Å². The van der Waals surface area contributed by atoms with E-state index in [0.29, 0.717) is 11.3 Å². The van der Waals surface area contributed by atoms with Gasteiger partial charge in [0.15, 0.2) is 17.0 Å². The lowest BCUT2D eigenvalue weighted by molar-refractivity contribution is 0.00474. The van der Waals surface area contributed by atoms with Gasteiger partial charge in [0.1, 0.15) is 12.6 Å². The van der Waals surface area contributed by atoms with Gasteiger partial charge in [0.25, 0.3) is 0 Å². The number of imidazole rings is 1. The highest BCUT2D eigenvalue weighted by Crippen LogP contribution is 2.32. The fraction of sp³-hybridized carbons (Fsp3) is 0.312. The molecule has 124 valence electrons. The summed E-state index contributed by atoms with van der Waals surface area (Å²) in [6.07, 6.45) is 6.06. The van der Waals surface area contributed by atoms with Crippen LogP contribution in [0.5, 0.6) is 0 Å². The molecule has 0 bridgehead atoms. The van der Waals surface area contributed by atoms with E-state index in [2.05, 4.69) is 20.4 Å². The van der Waals surface area contributed by atoms with Crippen LogP contribution in [0.2, 0.25) is 5.02 Å². The molecule has 2 unspecified atom stereocenters. The van der Waals surface area contributed by atoms with Crippen LogP contribution in [-0.4, -0.2) is 25.6 Å². The van der Waals surface area contributed by atoms with Crippen LogP contribution < -0.4 is 11.3 Å². The summed E-state index contributed by atoms with van der Waals surface area (Å²) >= 11 is 5.93. The Labute approximate surface area is 143 Å². The second-order valence-corrected chi connectivity index (χ2v) is 6.25. The monoisotopic (exact) mass is 344 g/mol. The van der Waals surface area contributed by atoms with E-state index in [4.69, 9.17) is 22.2 Å². The molecule has 2 aromatic heterocycles. The number of hydrogen-bond acceptors (Lipinski definition) is 6. The molecule has 1 fully saturated rings. The number of nitrogens with one attached hydrogen (secondary N) is 1. The van der Waals surface area contributed by atoms with Gasteiger partial charge < -0.3 is 10.2 Å². The average molecular weight is 345 g/mol. The molecule has 8 heteroatoms. The fourth-order valence-electron chi connectivity index (χ4n) is 3.09. The Morgan fingerprint density at radius 3 is 2.83 bits per heavy atom. The summed E-state index contributed by atoms with van der Waals surface area (Å²) in [4.78, 5) is 12.7. The number of halogens is 1. The van der Waals surface area contributed by atoms with Crippen molar-refractivity contribution in [1.29, 1.82) is 0 Å². The standard InChI is InChI=1S/C16H17ClN6O/c17-11-3-1-10(2-4-11)7-12-5-6-13(24-12)23-9-21-14-15(22-18)19-8-20-16(14)23/h1-4,8-9,12-13H,5-7,18H2,(H,19,20,22). The van der Waals surface area contributed by atoms with Crippen LogP contribution >= 0.6 is 11.6 Å². The molecule has 0 aliphatic carbocycles. The van der Waals surface area contributed by atoms with E-state index in [-0.39, 0.29) is 12.3 Å². The number of rotatable bonds is 4. The third-order valence-electron chi connectivity index (χ3n) is 4.27. The van der Waals surface area contributed by atoms with Gasteiger partial charge in [-0.2, -0.15) is 0 Å². The van der Waals surface area contributed by atoms with Crippen molar-refractivity contribution < 1.29 is 4.74 Å². The summed E-state index contributed by atoms with van der Waals surface area (Å²) < 4.78 is 8.14. The molecule has 3 aromatic rings. The SMILES string of the molecule is NNc1ncnc2c1ncn2C1CCC(Cc2ccc(Cl)cc2)O1. The number of ether oxygens (including phenoxy) is 1. The van der Waals surface area contributed by atoms with Crippen LogP contribution in [0, 0.1) is 0 Å². The van der Waals surface area contributed by atoms with Gasteiger partial charge in [0.2, 0.25) is 0 Å². The zero-order valence-electron chi connectivity index (χ0n) is 12.9. The largest absolute Gasteiger partial charge is 0.354 e. The Bertz CT molecular complexity index is 849. The highest BCUT2D eigenvalue weighted by molar-refractivity contribution is 6.30. The highest BCUT2D eigenvalue weighted by atomic mass is 35.5. The van der Waals surface area contributed by atoms with Crippen molar-refractivity contribution in [3.05, 3.63) is 47.5 Å². The first-order chi connectivity index (χ1) is 11.7. The fourth-order valence-corrected chi connectivity index (χ4v) is 3.22. The predicted octanol–water partition coefficient (Wildman–Crippen LogP) is 2.69. The first-order valence-electron chi connectivity index (χ1n) is 7.78. The van der Waals surface area contributed by atoms with Crippen molar-refractivity contribution in [2.75, 3.05) is 5.43 Å². The van der Waals surface area contributed by atoms with E-state index < -0.39 is 0 Å². The van der Waals surface area contributed by atoms with E-state index in [1.807, 2.05) is 28.8 Å². The third kappa shape index (κ3) is 2.82. The summed E-state index contributed by atoms with van der Waals surface area (Å²) in [7, 11) is 0. The van der Waals surface area contributed by atoms with Gasteiger partial charge >= 0.3 is 0 Å². The van der Waals surface area contributed by atoms with Gasteiger partial charge in [-0.15, -0.1) is 0 Å². The van der Waals surface area contributed by atoms with Gasteiger partial charge in [-0.25, -0.2) is 20.8 Å². The van der Waals surface area contributed by atoms with Crippen molar-refractivity contribution in [2.24, 2.45) is 5.84 Å². The van der Waals surface area contributed by atoms with E-state index >= 15 is 0 Å². The normalized spacial score (nSPS) is 20.6. The second kappa shape index (κ2) is 6.35. The van der Waals surface area contributed by atoms with E-state index in [0.717, 1.165) is 29.9 Å². The van der Waals surface area contributed by atoms with Crippen LogP contribution in [0.4, 0.5) is 5.82 Å². The average Bonchev–Trinajstić information content (AvgIpc) is 3.23. The van der Waals surface area contributed by atoms with Crippen LogP contribution in [-0.2, 0) is 11.2 Å². The Morgan fingerprint density at radius 1 is 1.21 bits per heavy atom. The quantitative estimate of drug-likeness (QED) is 0.558. The molecule has 1 aromatic carbocycles. The molecule has 4 rings (SSSR count). The molecule has 0 radical (unpaired) electrons. The second-order valence-electron chi connectivity index (χ2n) is 5.81. The third-order valence-corrected chi connectivity index (χ3v) is 4.52. The van der Waals surface area contributed by atoms with Gasteiger partial charge in [-0.1, -0.05) is 23.7 Å². The van der Waals surface area contributed by atoms with Gasteiger partial charge in [-0.05, 0) is 37.0 Å². The lowest BCUT2D eigenvalue weighted by atomic mass is 10.1. The molecule has 24 heavy (non-hydrogen) atoms. The molecule has 0 saturated carbocycles. The zero-order chi connectivity index (χ0) is 16.5. The summed E-state index contributed by atoms with van der Waals surface area (Å²) in [6.45, 7) is 0. The Kier molecular flexibility index (Phi) is 4.05. The first kappa shape index (κ1) is 15.3. The van der Waals surface area contributed by atoms with E-state index in [1.165, 1.54) is 11.9 Å². The summed E-state index contributed by atoms with van der Waals surface area (Å²) in [5.74, 6) is 5.98. The van der Waals surface area contributed by atoms with Crippen LogP contribution in [0.15, 0.2) is 36.9 Å². The molecule has 1 aliphatic heterocycles. The molecule has 7 nitrogen and oxygen atoms in total. The van der Waals surface area contributed by atoms with Gasteiger partial charge in [0.05, 0.1) is 12.4 Å². The molecular weight excluding hydrogens is 328 g/mol. The molecule has 2 atom stereocenters. The van der Waals surface area contributed by atoms with Crippen molar-refractivity contribution in [3.8, 4) is 0 Å². The topological polar surface area (TPSA) is 90.9 Å². The number of nitrogens with two attached hydrogens (primary N) is 1. The smallest absolute Gasteiger partial charge is 0.171 e. The number of aromatic nitrogens is 4. The number of anilines is 1. The maximum atomic E-state index is 6.20. The maximum Gasteiger partial charge on any atom is 0.171 e. The lowest BCUT2D eigenvalue weighted by Gasteiger charge is -2.15. The van der Waals surface area contributed by atoms with Gasteiger partial charge in [-0.3, -0.25) is 4.57 Å². The Morgan fingerprint density at radius 2 is 2.04 bits per heavy atom. The number of hydrogen-bond donors (Lipinski definition) is 2. The molecular formula is C16H17ClN6O. The van der Waals surface area contributed by atoms with Crippen molar-refractivity contribution in [2.45, 2.75) is 31.6 Å².